The van der Waals surface area contributed by atoms with Crippen molar-refractivity contribution in [3.8, 4) is 0 Å². The van der Waals surface area contributed by atoms with E-state index >= 15 is 0 Å². The van der Waals surface area contributed by atoms with E-state index in [1.54, 1.807) is 31.2 Å². The van der Waals surface area contributed by atoms with Crippen molar-refractivity contribution in [2.75, 3.05) is 6.61 Å². The Bertz CT molecular complexity index is 464. The predicted molar refractivity (Wildman–Crippen MR) is 69.3 cm³/mol. The SMILES string of the molecule is CCOC(=O)C(=O)C(C)C(=O)c1ccc(Br)cc1. The van der Waals surface area contributed by atoms with E-state index < -0.39 is 17.7 Å². The predicted octanol–water partition coefficient (Wildman–Crippen LogP) is 2.40. The van der Waals surface area contributed by atoms with Crippen LogP contribution in [-0.4, -0.2) is 24.1 Å². The van der Waals surface area contributed by atoms with Gasteiger partial charge in [0.1, 0.15) is 0 Å². The van der Waals surface area contributed by atoms with Gasteiger partial charge in [-0.05, 0) is 26.0 Å². The molecule has 0 saturated carbocycles. The maximum absolute atomic E-state index is 12.0. The summed E-state index contributed by atoms with van der Waals surface area (Å²) < 4.78 is 5.42. The molecule has 0 N–H and O–H groups in total. The fourth-order valence-electron chi connectivity index (χ4n) is 1.36. The van der Waals surface area contributed by atoms with Crippen LogP contribution in [0.25, 0.3) is 0 Å². The van der Waals surface area contributed by atoms with Gasteiger partial charge in [0, 0.05) is 10.0 Å². The molecular formula is C13H13BrO4. The summed E-state index contributed by atoms with van der Waals surface area (Å²) in [7, 11) is 0. The third kappa shape index (κ3) is 3.50. The zero-order valence-corrected chi connectivity index (χ0v) is 11.7. The Morgan fingerprint density at radius 1 is 1.22 bits per heavy atom. The normalized spacial score (nSPS) is 11.7. The summed E-state index contributed by atoms with van der Waals surface area (Å²) >= 11 is 3.25. The molecule has 0 aromatic heterocycles. The summed E-state index contributed by atoms with van der Waals surface area (Å²) in [5, 5.41) is 0. The molecule has 1 aromatic rings. The summed E-state index contributed by atoms with van der Waals surface area (Å²) in [6.07, 6.45) is 0. The Morgan fingerprint density at radius 3 is 2.28 bits per heavy atom. The molecule has 0 bridgehead atoms. The lowest BCUT2D eigenvalue weighted by Crippen LogP contribution is -2.29. The number of carbonyl (C=O) groups excluding carboxylic acids is 3. The van der Waals surface area contributed by atoms with Gasteiger partial charge in [-0.3, -0.25) is 9.59 Å². The van der Waals surface area contributed by atoms with Crippen molar-refractivity contribution in [3.05, 3.63) is 34.3 Å². The highest BCUT2D eigenvalue weighted by atomic mass is 79.9. The van der Waals surface area contributed by atoms with Crippen molar-refractivity contribution in [3.63, 3.8) is 0 Å². The van der Waals surface area contributed by atoms with E-state index in [2.05, 4.69) is 20.7 Å². The van der Waals surface area contributed by atoms with Gasteiger partial charge in [-0.15, -0.1) is 0 Å². The van der Waals surface area contributed by atoms with Crippen LogP contribution in [0.2, 0.25) is 0 Å². The minimum atomic E-state index is -1.02. The molecule has 0 fully saturated rings. The largest absolute Gasteiger partial charge is 0.460 e. The molecule has 1 aromatic carbocycles. The molecule has 0 saturated heterocycles. The summed E-state index contributed by atoms with van der Waals surface area (Å²) in [6.45, 7) is 3.12. The maximum atomic E-state index is 12.0. The van der Waals surface area contributed by atoms with Gasteiger partial charge < -0.3 is 4.74 Å². The van der Waals surface area contributed by atoms with Crippen LogP contribution < -0.4 is 0 Å². The first-order valence-electron chi connectivity index (χ1n) is 5.48. The zero-order valence-electron chi connectivity index (χ0n) is 10.1. The molecule has 96 valence electrons. The number of rotatable bonds is 5. The molecule has 4 nitrogen and oxygen atoms in total. The minimum Gasteiger partial charge on any atom is -0.460 e. The number of benzene rings is 1. The molecule has 0 aliphatic carbocycles. The van der Waals surface area contributed by atoms with Gasteiger partial charge in [-0.25, -0.2) is 4.79 Å². The molecule has 0 spiro atoms. The van der Waals surface area contributed by atoms with Crippen LogP contribution in [-0.2, 0) is 14.3 Å². The van der Waals surface area contributed by atoms with Crippen molar-refractivity contribution >= 4 is 33.5 Å². The first kappa shape index (κ1) is 14.6. The van der Waals surface area contributed by atoms with E-state index in [9.17, 15) is 14.4 Å². The highest BCUT2D eigenvalue weighted by Crippen LogP contribution is 2.15. The van der Waals surface area contributed by atoms with E-state index in [0.29, 0.717) is 5.56 Å². The van der Waals surface area contributed by atoms with Crippen LogP contribution in [0, 0.1) is 5.92 Å². The van der Waals surface area contributed by atoms with Crippen molar-refractivity contribution in [2.45, 2.75) is 13.8 Å². The molecule has 1 atom stereocenters. The van der Waals surface area contributed by atoms with E-state index in [4.69, 9.17) is 0 Å². The van der Waals surface area contributed by atoms with Crippen LogP contribution >= 0.6 is 15.9 Å². The highest BCUT2D eigenvalue weighted by molar-refractivity contribution is 9.10. The lowest BCUT2D eigenvalue weighted by Gasteiger charge is -2.08. The van der Waals surface area contributed by atoms with Gasteiger partial charge in [0.2, 0.25) is 0 Å². The van der Waals surface area contributed by atoms with Crippen molar-refractivity contribution in [1.29, 1.82) is 0 Å². The standard InChI is InChI=1S/C13H13BrO4/c1-3-18-13(17)12(16)8(2)11(15)9-4-6-10(14)7-5-9/h4-8H,3H2,1-2H3. The third-order valence-electron chi connectivity index (χ3n) is 2.39. The molecule has 0 amide bonds. The van der Waals surface area contributed by atoms with Crippen molar-refractivity contribution in [2.24, 2.45) is 5.92 Å². The number of Topliss-reactive ketones (excluding diaryl/α,β-unsaturated/α-hetero) is 2. The Labute approximate surface area is 113 Å². The summed E-state index contributed by atoms with van der Waals surface area (Å²) in [6, 6.07) is 6.60. The smallest absolute Gasteiger partial charge is 0.375 e. The number of carbonyl (C=O) groups is 3. The van der Waals surface area contributed by atoms with Gasteiger partial charge >= 0.3 is 5.97 Å². The summed E-state index contributed by atoms with van der Waals surface area (Å²) in [5.41, 5.74) is 0.392. The average molecular weight is 313 g/mol. The number of hydrogen-bond acceptors (Lipinski definition) is 4. The highest BCUT2D eigenvalue weighted by Gasteiger charge is 2.29. The van der Waals surface area contributed by atoms with Gasteiger partial charge in [0.05, 0.1) is 12.5 Å². The second-order valence-electron chi connectivity index (χ2n) is 3.68. The molecule has 5 heteroatoms. The summed E-state index contributed by atoms with van der Waals surface area (Å²) in [5.74, 6) is -3.19. The van der Waals surface area contributed by atoms with Gasteiger partial charge in [-0.1, -0.05) is 28.1 Å². The lowest BCUT2D eigenvalue weighted by atomic mass is 9.95. The molecule has 0 radical (unpaired) electrons. The Hall–Kier alpha value is -1.49. The van der Waals surface area contributed by atoms with Crippen LogP contribution in [0.4, 0.5) is 0 Å². The number of ether oxygens (including phenoxy) is 1. The Balaban J connectivity index is 2.81. The zero-order chi connectivity index (χ0) is 13.7. The fraction of sp³-hybridized carbons (Fsp3) is 0.308. The van der Waals surface area contributed by atoms with Crippen LogP contribution in [0.5, 0.6) is 0 Å². The number of ketones is 2. The van der Waals surface area contributed by atoms with Gasteiger partial charge in [-0.2, -0.15) is 0 Å². The van der Waals surface area contributed by atoms with Crippen molar-refractivity contribution < 1.29 is 19.1 Å². The second-order valence-corrected chi connectivity index (χ2v) is 4.59. The van der Waals surface area contributed by atoms with Crippen LogP contribution in [0.15, 0.2) is 28.7 Å². The molecule has 0 aliphatic rings. The molecule has 0 heterocycles. The molecular weight excluding hydrogens is 300 g/mol. The molecule has 1 rings (SSSR count). The van der Waals surface area contributed by atoms with Gasteiger partial charge in [0.25, 0.3) is 5.78 Å². The second kappa shape index (κ2) is 6.44. The van der Waals surface area contributed by atoms with E-state index in [1.807, 2.05) is 0 Å². The van der Waals surface area contributed by atoms with E-state index in [-0.39, 0.29) is 12.4 Å². The number of halogens is 1. The van der Waals surface area contributed by atoms with Crippen molar-refractivity contribution in [1.82, 2.24) is 0 Å². The third-order valence-corrected chi connectivity index (χ3v) is 2.92. The topological polar surface area (TPSA) is 60.4 Å². The average Bonchev–Trinajstić information content (AvgIpc) is 2.37. The molecule has 1 unspecified atom stereocenters. The number of esters is 1. The number of hydrogen-bond donors (Lipinski definition) is 0. The lowest BCUT2D eigenvalue weighted by molar-refractivity contribution is -0.154. The Morgan fingerprint density at radius 2 is 1.78 bits per heavy atom. The monoisotopic (exact) mass is 312 g/mol. The fourth-order valence-corrected chi connectivity index (χ4v) is 1.63. The van der Waals surface area contributed by atoms with Crippen LogP contribution in [0.1, 0.15) is 24.2 Å². The first-order chi connectivity index (χ1) is 8.47. The Kier molecular flexibility index (Phi) is 5.22. The van der Waals surface area contributed by atoms with E-state index in [0.717, 1.165) is 4.47 Å². The molecule has 18 heavy (non-hydrogen) atoms. The summed E-state index contributed by atoms with van der Waals surface area (Å²) in [4.78, 5) is 34.8. The molecule has 0 aliphatic heterocycles. The first-order valence-corrected chi connectivity index (χ1v) is 6.27. The maximum Gasteiger partial charge on any atom is 0.375 e. The van der Waals surface area contributed by atoms with E-state index in [1.165, 1.54) is 6.92 Å². The quantitative estimate of drug-likeness (QED) is 0.362. The van der Waals surface area contributed by atoms with Gasteiger partial charge in [0.15, 0.2) is 5.78 Å². The van der Waals surface area contributed by atoms with Crippen LogP contribution in [0.3, 0.4) is 0 Å². The minimum absolute atomic E-state index is 0.115.